The van der Waals surface area contributed by atoms with Gasteiger partial charge in [-0.05, 0) is 24.1 Å². The molecule has 1 aromatic carbocycles. The number of amides is 1. The summed E-state index contributed by atoms with van der Waals surface area (Å²) in [7, 11) is 3.78. The number of hydrogen-bond acceptors (Lipinski definition) is 6. The average molecular weight is 332 g/mol. The fourth-order valence-electron chi connectivity index (χ4n) is 2.85. The van der Waals surface area contributed by atoms with E-state index in [0.717, 1.165) is 28.5 Å². The first-order chi connectivity index (χ1) is 10.7. The quantitative estimate of drug-likeness (QED) is 0.912. The van der Waals surface area contributed by atoms with Gasteiger partial charge in [0.15, 0.2) is 0 Å². The molecule has 1 amide bonds. The molecule has 22 heavy (non-hydrogen) atoms. The van der Waals surface area contributed by atoms with Crippen LogP contribution in [0.4, 0.5) is 5.69 Å². The first kappa shape index (κ1) is 14.0. The predicted molar refractivity (Wildman–Crippen MR) is 93.4 cm³/mol. The number of fused-ring (bicyclic) bond motifs is 2. The van der Waals surface area contributed by atoms with Crippen molar-refractivity contribution >= 4 is 50.0 Å². The minimum Gasteiger partial charge on any atom is -0.374 e. The Morgan fingerprint density at radius 2 is 2.32 bits per heavy atom. The van der Waals surface area contributed by atoms with Gasteiger partial charge in [0, 0.05) is 32.1 Å². The van der Waals surface area contributed by atoms with Crippen LogP contribution in [0.15, 0.2) is 17.1 Å². The summed E-state index contributed by atoms with van der Waals surface area (Å²) in [6.45, 7) is 1.08. The van der Waals surface area contributed by atoms with E-state index < -0.39 is 0 Å². The van der Waals surface area contributed by atoms with E-state index in [0.29, 0.717) is 5.75 Å². The minimum atomic E-state index is -0.284. The normalized spacial score (nSPS) is 20.4. The van der Waals surface area contributed by atoms with Gasteiger partial charge in [0.2, 0.25) is 5.91 Å². The fourth-order valence-corrected chi connectivity index (χ4v) is 4.94. The molecule has 5 nitrogen and oxygen atoms in total. The lowest BCUT2D eigenvalue weighted by Crippen LogP contribution is -2.30. The van der Waals surface area contributed by atoms with Crippen LogP contribution < -0.4 is 10.2 Å². The number of carbonyl (C=O) groups is 1. The van der Waals surface area contributed by atoms with Crippen molar-refractivity contribution in [3.05, 3.63) is 22.7 Å². The molecule has 0 spiro atoms. The van der Waals surface area contributed by atoms with Gasteiger partial charge in [-0.2, -0.15) is 0 Å². The van der Waals surface area contributed by atoms with Crippen molar-refractivity contribution in [3.8, 4) is 0 Å². The van der Waals surface area contributed by atoms with E-state index >= 15 is 0 Å². The number of thioether (sulfide) groups is 1. The second-order valence-electron chi connectivity index (χ2n) is 5.51. The number of anilines is 1. The molecule has 0 aliphatic carbocycles. The zero-order chi connectivity index (χ0) is 15.3. The highest BCUT2D eigenvalue weighted by atomic mass is 32.2. The molecule has 1 aromatic heterocycles. The smallest absolute Gasteiger partial charge is 0.245 e. The van der Waals surface area contributed by atoms with E-state index in [-0.39, 0.29) is 11.9 Å². The molecule has 4 rings (SSSR count). The standard InChI is InChI=1S/C15H16N4OS2/c1-16-13(20)10-7-21-14(18-10)15-17-9-5-8-3-4-19(2)11(8)6-12(9)22-15/h5-6,10H,3-4,7H2,1-2H3,(H,16,20). The Hall–Kier alpha value is -1.60. The number of likely N-dealkylation sites (N-methyl/N-ethyl adjacent to an activating group) is 2. The van der Waals surface area contributed by atoms with Crippen molar-refractivity contribution in [1.29, 1.82) is 0 Å². The molecular formula is C15H16N4OS2. The van der Waals surface area contributed by atoms with Crippen molar-refractivity contribution in [1.82, 2.24) is 10.3 Å². The van der Waals surface area contributed by atoms with Crippen LogP contribution in [0.25, 0.3) is 10.2 Å². The number of rotatable bonds is 2. The molecule has 2 aromatic rings. The van der Waals surface area contributed by atoms with Gasteiger partial charge < -0.3 is 10.2 Å². The summed E-state index contributed by atoms with van der Waals surface area (Å²) in [5.74, 6) is 0.675. The second kappa shape index (κ2) is 5.24. The van der Waals surface area contributed by atoms with Crippen molar-refractivity contribution in [2.75, 3.05) is 31.3 Å². The van der Waals surface area contributed by atoms with Crippen LogP contribution in [0, 0.1) is 0 Å². The molecule has 1 atom stereocenters. The molecule has 0 saturated carbocycles. The van der Waals surface area contributed by atoms with Gasteiger partial charge in [0.05, 0.1) is 10.2 Å². The maximum atomic E-state index is 11.7. The van der Waals surface area contributed by atoms with Gasteiger partial charge >= 0.3 is 0 Å². The summed E-state index contributed by atoms with van der Waals surface area (Å²) in [6.07, 6.45) is 1.09. The Labute approximate surface area is 136 Å². The number of aliphatic imine (C=N–C) groups is 1. The molecule has 3 heterocycles. The number of aromatic nitrogens is 1. The number of nitrogens with zero attached hydrogens (tertiary/aromatic N) is 3. The molecule has 2 aliphatic heterocycles. The van der Waals surface area contributed by atoms with Gasteiger partial charge in [-0.1, -0.05) is 0 Å². The Morgan fingerprint density at radius 3 is 3.14 bits per heavy atom. The Morgan fingerprint density at radius 1 is 1.45 bits per heavy atom. The first-order valence-electron chi connectivity index (χ1n) is 7.23. The highest BCUT2D eigenvalue weighted by Crippen LogP contribution is 2.35. The van der Waals surface area contributed by atoms with Gasteiger partial charge in [-0.25, -0.2) is 4.98 Å². The van der Waals surface area contributed by atoms with Gasteiger partial charge in [0.1, 0.15) is 16.1 Å². The molecule has 1 unspecified atom stereocenters. The minimum absolute atomic E-state index is 0.0239. The lowest BCUT2D eigenvalue weighted by atomic mass is 10.1. The van der Waals surface area contributed by atoms with E-state index in [1.165, 1.54) is 16.0 Å². The number of nitrogens with one attached hydrogen (secondary N) is 1. The highest BCUT2D eigenvalue weighted by Gasteiger charge is 2.27. The number of hydrogen-bond donors (Lipinski definition) is 1. The molecule has 2 aliphatic rings. The molecule has 114 valence electrons. The zero-order valence-electron chi connectivity index (χ0n) is 12.4. The summed E-state index contributed by atoms with van der Waals surface area (Å²) in [4.78, 5) is 23.2. The zero-order valence-corrected chi connectivity index (χ0v) is 14.1. The summed E-state index contributed by atoms with van der Waals surface area (Å²) < 4.78 is 1.19. The summed E-state index contributed by atoms with van der Waals surface area (Å²) in [5.41, 5.74) is 3.73. The van der Waals surface area contributed by atoms with Crippen LogP contribution in [-0.2, 0) is 11.2 Å². The highest BCUT2D eigenvalue weighted by molar-refractivity contribution is 8.15. The van der Waals surface area contributed by atoms with Crippen LogP contribution in [0.2, 0.25) is 0 Å². The third-order valence-electron chi connectivity index (χ3n) is 4.10. The Bertz CT molecular complexity index is 798. The maximum Gasteiger partial charge on any atom is 0.245 e. The van der Waals surface area contributed by atoms with Crippen molar-refractivity contribution in [3.63, 3.8) is 0 Å². The third kappa shape index (κ3) is 2.19. The van der Waals surface area contributed by atoms with Crippen LogP contribution >= 0.6 is 23.1 Å². The molecule has 0 bridgehead atoms. The topological polar surface area (TPSA) is 57.6 Å². The number of carbonyl (C=O) groups excluding carboxylic acids is 1. The first-order valence-corrected chi connectivity index (χ1v) is 9.03. The summed E-state index contributed by atoms with van der Waals surface area (Å²) in [5, 5.41) is 4.48. The van der Waals surface area contributed by atoms with Crippen molar-refractivity contribution < 1.29 is 4.79 Å². The van der Waals surface area contributed by atoms with Crippen LogP contribution in [0.5, 0.6) is 0 Å². The van der Waals surface area contributed by atoms with E-state index in [4.69, 9.17) is 4.98 Å². The lowest BCUT2D eigenvalue weighted by Gasteiger charge is -2.10. The van der Waals surface area contributed by atoms with Gasteiger partial charge in [-0.15, -0.1) is 23.1 Å². The maximum absolute atomic E-state index is 11.7. The van der Waals surface area contributed by atoms with E-state index in [2.05, 4.69) is 34.4 Å². The number of benzene rings is 1. The van der Waals surface area contributed by atoms with Gasteiger partial charge in [-0.3, -0.25) is 9.79 Å². The lowest BCUT2D eigenvalue weighted by molar-refractivity contribution is -0.121. The largest absolute Gasteiger partial charge is 0.374 e. The van der Waals surface area contributed by atoms with Crippen molar-refractivity contribution in [2.24, 2.45) is 4.99 Å². The van der Waals surface area contributed by atoms with Gasteiger partial charge in [0.25, 0.3) is 0 Å². The third-order valence-corrected chi connectivity index (χ3v) is 6.31. The SMILES string of the molecule is CNC(=O)C1CSC(c2nc3cc4c(cc3s2)N(C)CC4)=N1. The van der Waals surface area contributed by atoms with Crippen LogP contribution in [0.1, 0.15) is 10.6 Å². The molecule has 0 fully saturated rings. The molecule has 7 heteroatoms. The van der Waals surface area contributed by atoms with Crippen LogP contribution in [0.3, 0.4) is 0 Å². The molecular weight excluding hydrogens is 316 g/mol. The fraction of sp³-hybridized carbons (Fsp3) is 0.400. The van der Waals surface area contributed by atoms with E-state index in [9.17, 15) is 4.79 Å². The Balaban J connectivity index is 1.71. The van der Waals surface area contributed by atoms with E-state index in [1.54, 1.807) is 30.1 Å². The average Bonchev–Trinajstić information content (AvgIpc) is 3.22. The monoisotopic (exact) mass is 332 g/mol. The summed E-state index contributed by atoms with van der Waals surface area (Å²) in [6, 6.07) is 4.15. The molecule has 0 saturated heterocycles. The Kier molecular flexibility index (Phi) is 3.34. The van der Waals surface area contributed by atoms with Crippen LogP contribution in [-0.4, -0.2) is 48.4 Å². The van der Waals surface area contributed by atoms with Crippen molar-refractivity contribution in [2.45, 2.75) is 12.5 Å². The predicted octanol–water partition coefficient (Wildman–Crippen LogP) is 1.90. The summed E-state index contributed by atoms with van der Waals surface area (Å²) >= 11 is 3.28. The number of thiazole rings is 1. The second-order valence-corrected chi connectivity index (χ2v) is 7.55. The molecule has 1 N–H and O–H groups in total. The van der Waals surface area contributed by atoms with E-state index in [1.807, 2.05) is 0 Å². The molecule has 0 radical (unpaired) electrons.